The first-order chi connectivity index (χ1) is 13.5. The molecule has 3 rings (SSSR count). The third-order valence-electron chi connectivity index (χ3n) is 4.76. The molecule has 3 aromatic rings. The van der Waals surface area contributed by atoms with Crippen molar-refractivity contribution in [2.24, 2.45) is 0 Å². The van der Waals surface area contributed by atoms with Crippen LogP contribution in [0.15, 0.2) is 54.6 Å². The molecule has 0 amide bonds. The first kappa shape index (κ1) is 20.0. The highest BCUT2D eigenvalue weighted by Crippen LogP contribution is 2.33. The van der Waals surface area contributed by atoms with E-state index in [1.807, 2.05) is 31.2 Å². The molecule has 0 fully saturated rings. The minimum atomic E-state index is -1.05. The molecule has 0 unspecified atom stereocenters. The van der Waals surface area contributed by atoms with Crippen molar-refractivity contribution in [2.45, 2.75) is 33.1 Å². The van der Waals surface area contributed by atoms with Crippen molar-refractivity contribution < 1.29 is 17.9 Å². The number of hydrogen-bond acceptors (Lipinski definition) is 1. The van der Waals surface area contributed by atoms with Crippen LogP contribution in [0.4, 0.5) is 13.2 Å². The summed E-state index contributed by atoms with van der Waals surface area (Å²) >= 11 is 0. The Balaban J connectivity index is 1.90. The number of halogens is 3. The van der Waals surface area contributed by atoms with E-state index in [4.69, 9.17) is 4.74 Å². The summed E-state index contributed by atoms with van der Waals surface area (Å²) in [6.07, 6.45) is 2.56. The van der Waals surface area contributed by atoms with Gasteiger partial charge in [-0.3, -0.25) is 0 Å². The molecule has 0 heterocycles. The monoisotopic (exact) mass is 384 g/mol. The van der Waals surface area contributed by atoms with E-state index in [0.717, 1.165) is 24.8 Å². The molecule has 0 saturated carbocycles. The summed E-state index contributed by atoms with van der Waals surface area (Å²) in [6, 6.07) is 14.9. The molecule has 0 aliphatic heterocycles. The third kappa shape index (κ3) is 4.22. The predicted molar refractivity (Wildman–Crippen MR) is 107 cm³/mol. The lowest BCUT2D eigenvalue weighted by molar-refractivity contribution is 0.289. The van der Waals surface area contributed by atoms with E-state index in [1.165, 1.54) is 23.8 Å². The number of ether oxygens (including phenoxy) is 1. The van der Waals surface area contributed by atoms with E-state index in [2.05, 4.69) is 6.92 Å². The zero-order valence-corrected chi connectivity index (χ0v) is 16.1. The van der Waals surface area contributed by atoms with Crippen molar-refractivity contribution >= 4 is 0 Å². The molecule has 0 atom stereocenters. The van der Waals surface area contributed by atoms with Crippen molar-refractivity contribution in [3.05, 3.63) is 77.6 Å². The molecule has 0 radical (unpaired) electrons. The largest absolute Gasteiger partial charge is 0.490 e. The maximum absolute atomic E-state index is 14.7. The molecule has 146 valence electrons. The average molecular weight is 384 g/mol. The van der Waals surface area contributed by atoms with Gasteiger partial charge in [-0.15, -0.1) is 0 Å². The van der Waals surface area contributed by atoms with Crippen LogP contribution < -0.4 is 4.74 Å². The van der Waals surface area contributed by atoms with E-state index in [-0.39, 0.29) is 16.9 Å². The molecule has 4 heteroatoms. The molecular formula is C24H23F3O. The van der Waals surface area contributed by atoms with Gasteiger partial charge in [-0.1, -0.05) is 56.7 Å². The topological polar surface area (TPSA) is 9.23 Å². The van der Waals surface area contributed by atoms with E-state index >= 15 is 0 Å². The van der Waals surface area contributed by atoms with E-state index in [0.29, 0.717) is 12.2 Å². The molecular weight excluding hydrogens is 361 g/mol. The van der Waals surface area contributed by atoms with Crippen LogP contribution in [0, 0.1) is 17.5 Å². The highest BCUT2D eigenvalue weighted by molar-refractivity contribution is 5.72. The van der Waals surface area contributed by atoms with Crippen LogP contribution >= 0.6 is 0 Å². The molecule has 1 nitrogen and oxygen atoms in total. The zero-order valence-electron chi connectivity index (χ0n) is 16.1. The maximum Gasteiger partial charge on any atom is 0.201 e. The van der Waals surface area contributed by atoms with Gasteiger partial charge >= 0.3 is 0 Å². The Morgan fingerprint density at radius 3 is 2.07 bits per heavy atom. The predicted octanol–water partition coefficient (Wildman–Crippen LogP) is 7.18. The fourth-order valence-electron chi connectivity index (χ4n) is 3.03. The normalized spacial score (nSPS) is 10.9. The zero-order chi connectivity index (χ0) is 20.1. The SMILES string of the molecule is CCCCOc1ccc(-c2ccc(-c3ccc(CC)cc3)c(F)c2)c(F)c1F. The highest BCUT2D eigenvalue weighted by atomic mass is 19.2. The van der Waals surface area contributed by atoms with E-state index < -0.39 is 17.5 Å². The van der Waals surface area contributed by atoms with Gasteiger partial charge in [-0.25, -0.2) is 8.78 Å². The second-order valence-corrected chi connectivity index (χ2v) is 6.69. The van der Waals surface area contributed by atoms with Gasteiger partial charge in [0.25, 0.3) is 0 Å². The Kier molecular flexibility index (Phi) is 6.40. The molecule has 0 spiro atoms. The van der Waals surface area contributed by atoms with Gasteiger partial charge in [-0.05, 0) is 47.7 Å². The molecule has 0 saturated heterocycles. The highest BCUT2D eigenvalue weighted by Gasteiger charge is 2.17. The van der Waals surface area contributed by atoms with Gasteiger partial charge in [0, 0.05) is 11.1 Å². The van der Waals surface area contributed by atoms with Crippen molar-refractivity contribution in [1.29, 1.82) is 0 Å². The van der Waals surface area contributed by atoms with Crippen LogP contribution in [0.25, 0.3) is 22.3 Å². The Bertz CT molecular complexity index is 949. The average Bonchev–Trinajstić information content (AvgIpc) is 2.71. The van der Waals surface area contributed by atoms with Crippen LogP contribution in [-0.2, 0) is 6.42 Å². The van der Waals surface area contributed by atoms with Crippen LogP contribution in [0.1, 0.15) is 32.3 Å². The van der Waals surface area contributed by atoms with Crippen molar-refractivity contribution in [3.63, 3.8) is 0 Å². The third-order valence-corrected chi connectivity index (χ3v) is 4.76. The number of benzene rings is 3. The quantitative estimate of drug-likeness (QED) is 0.392. The lowest BCUT2D eigenvalue weighted by Crippen LogP contribution is -2.01. The number of aryl methyl sites for hydroxylation is 1. The summed E-state index contributed by atoms with van der Waals surface area (Å²) in [5.41, 5.74) is 2.62. The fraction of sp³-hybridized carbons (Fsp3) is 0.250. The summed E-state index contributed by atoms with van der Waals surface area (Å²) < 4.78 is 48.8. The van der Waals surface area contributed by atoms with E-state index in [1.54, 1.807) is 12.1 Å². The number of hydrogen-bond donors (Lipinski definition) is 0. The Morgan fingerprint density at radius 2 is 1.43 bits per heavy atom. The smallest absolute Gasteiger partial charge is 0.201 e. The first-order valence-corrected chi connectivity index (χ1v) is 9.55. The molecule has 0 aromatic heterocycles. The fourth-order valence-corrected chi connectivity index (χ4v) is 3.03. The summed E-state index contributed by atoms with van der Waals surface area (Å²) in [7, 11) is 0. The maximum atomic E-state index is 14.7. The minimum absolute atomic E-state index is 0.00659. The molecule has 0 aliphatic carbocycles. The Hall–Kier alpha value is -2.75. The molecule has 0 bridgehead atoms. The molecule has 3 aromatic carbocycles. The molecule has 0 N–H and O–H groups in total. The van der Waals surface area contributed by atoms with Crippen molar-refractivity contribution in [3.8, 4) is 28.0 Å². The van der Waals surface area contributed by atoms with Crippen LogP contribution in [0.2, 0.25) is 0 Å². The number of unbranched alkanes of at least 4 members (excludes halogenated alkanes) is 1. The Morgan fingerprint density at radius 1 is 0.750 bits per heavy atom. The van der Waals surface area contributed by atoms with Crippen molar-refractivity contribution in [2.75, 3.05) is 6.61 Å². The van der Waals surface area contributed by atoms with Gasteiger partial charge in [0.2, 0.25) is 5.82 Å². The van der Waals surface area contributed by atoms with E-state index in [9.17, 15) is 13.2 Å². The lowest BCUT2D eigenvalue weighted by Gasteiger charge is -2.11. The number of rotatable bonds is 7. The van der Waals surface area contributed by atoms with Crippen LogP contribution in [0.5, 0.6) is 5.75 Å². The Labute approximate surface area is 163 Å². The summed E-state index contributed by atoms with van der Waals surface area (Å²) in [6.45, 7) is 4.37. The van der Waals surface area contributed by atoms with Gasteiger partial charge < -0.3 is 4.74 Å². The first-order valence-electron chi connectivity index (χ1n) is 9.55. The summed E-state index contributed by atoms with van der Waals surface area (Å²) in [4.78, 5) is 0. The lowest BCUT2D eigenvalue weighted by atomic mass is 9.98. The summed E-state index contributed by atoms with van der Waals surface area (Å²) in [5.74, 6) is -2.69. The standard InChI is InChI=1S/C24H23F3O/c1-3-5-14-28-22-13-12-20(23(26)24(22)27)18-10-11-19(21(25)15-18)17-8-6-16(4-2)7-9-17/h6-13,15H,3-5,14H2,1-2H3. The van der Waals surface area contributed by atoms with Crippen LogP contribution in [-0.4, -0.2) is 6.61 Å². The summed E-state index contributed by atoms with van der Waals surface area (Å²) in [5, 5.41) is 0. The minimum Gasteiger partial charge on any atom is -0.490 e. The van der Waals surface area contributed by atoms with Crippen LogP contribution in [0.3, 0.4) is 0 Å². The van der Waals surface area contributed by atoms with Gasteiger partial charge in [0.15, 0.2) is 11.6 Å². The van der Waals surface area contributed by atoms with Gasteiger partial charge in [-0.2, -0.15) is 4.39 Å². The van der Waals surface area contributed by atoms with Gasteiger partial charge in [0.05, 0.1) is 6.61 Å². The second kappa shape index (κ2) is 8.96. The van der Waals surface area contributed by atoms with Gasteiger partial charge in [0.1, 0.15) is 5.82 Å². The molecule has 28 heavy (non-hydrogen) atoms. The van der Waals surface area contributed by atoms with Crippen molar-refractivity contribution in [1.82, 2.24) is 0 Å². The second-order valence-electron chi connectivity index (χ2n) is 6.69. The molecule has 0 aliphatic rings.